The van der Waals surface area contributed by atoms with E-state index in [0.29, 0.717) is 18.2 Å². The van der Waals surface area contributed by atoms with Crippen LogP contribution in [0.25, 0.3) is 0 Å². The molecule has 1 aromatic carbocycles. The average Bonchev–Trinajstić information content (AvgIpc) is 2.44. The van der Waals surface area contributed by atoms with Crippen molar-refractivity contribution in [3.63, 3.8) is 0 Å². The Balaban J connectivity index is 2.40. The molecule has 0 bridgehead atoms. The Morgan fingerprint density at radius 2 is 1.39 bits per heavy atom. The fourth-order valence-corrected chi connectivity index (χ4v) is 2.01. The van der Waals surface area contributed by atoms with Crippen LogP contribution in [0.15, 0.2) is 35.3 Å². The summed E-state index contributed by atoms with van der Waals surface area (Å²) < 4.78 is 82.8. The molecule has 23 heavy (non-hydrogen) atoms. The van der Waals surface area contributed by atoms with Crippen molar-refractivity contribution in [1.29, 1.82) is 0 Å². The SMILES string of the molecule is FC(F)(F)c1cccc(C(F)(F)F)c1COc1cnc(Br)nc1. The third-order valence-corrected chi connectivity index (χ3v) is 3.18. The molecule has 0 atom stereocenters. The van der Waals surface area contributed by atoms with Crippen LogP contribution in [0.4, 0.5) is 26.3 Å². The Morgan fingerprint density at radius 3 is 1.83 bits per heavy atom. The van der Waals surface area contributed by atoms with E-state index in [4.69, 9.17) is 4.74 Å². The minimum absolute atomic E-state index is 0.0571. The largest absolute Gasteiger partial charge is 0.486 e. The van der Waals surface area contributed by atoms with Crippen LogP contribution in [-0.4, -0.2) is 9.97 Å². The first-order valence-corrected chi connectivity index (χ1v) is 6.75. The molecule has 0 unspecified atom stereocenters. The van der Waals surface area contributed by atoms with E-state index in [-0.39, 0.29) is 10.5 Å². The summed E-state index contributed by atoms with van der Waals surface area (Å²) in [5.74, 6) is -0.0571. The highest BCUT2D eigenvalue weighted by atomic mass is 79.9. The summed E-state index contributed by atoms with van der Waals surface area (Å²) in [7, 11) is 0. The number of aromatic nitrogens is 2. The molecule has 2 aromatic rings. The second kappa shape index (κ2) is 6.34. The third-order valence-electron chi connectivity index (χ3n) is 2.77. The number of benzene rings is 1. The van der Waals surface area contributed by atoms with Crippen molar-refractivity contribution in [3.8, 4) is 5.75 Å². The van der Waals surface area contributed by atoms with Crippen molar-refractivity contribution in [2.75, 3.05) is 0 Å². The Morgan fingerprint density at radius 1 is 0.913 bits per heavy atom. The van der Waals surface area contributed by atoms with E-state index in [1.165, 1.54) is 0 Å². The molecular formula is C13H7BrF6N2O. The Bertz CT molecular complexity index is 652. The quantitative estimate of drug-likeness (QED) is 0.545. The molecule has 1 aromatic heterocycles. The summed E-state index contributed by atoms with van der Waals surface area (Å²) in [5, 5.41) is 0. The van der Waals surface area contributed by atoms with E-state index in [0.717, 1.165) is 12.4 Å². The van der Waals surface area contributed by atoms with E-state index in [1.54, 1.807) is 0 Å². The van der Waals surface area contributed by atoms with Crippen LogP contribution in [0.3, 0.4) is 0 Å². The van der Waals surface area contributed by atoms with Crippen molar-refractivity contribution in [2.24, 2.45) is 0 Å². The van der Waals surface area contributed by atoms with Crippen LogP contribution >= 0.6 is 15.9 Å². The van der Waals surface area contributed by atoms with E-state index in [1.807, 2.05) is 0 Å². The van der Waals surface area contributed by atoms with E-state index in [2.05, 4.69) is 25.9 Å². The molecule has 0 saturated carbocycles. The molecule has 0 radical (unpaired) electrons. The number of hydrogen-bond donors (Lipinski definition) is 0. The van der Waals surface area contributed by atoms with Gasteiger partial charge in [0.25, 0.3) is 0 Å². The van der Waals surface area contributed by atoms with Gasteiger partial charge >= 0.3 is 12.4 Å². The van der Waals surface area contributed by atoms with Crippen LogP contribution in [0.5, 0.6) is 5.75 Å². The van der Waals surface area contributed by atoms with Gasteiger partial charge in [0.1, 0.15) is 6.61 Å². The number of hydrogen-bond acceptors (Lipinski definition) is 3. The van der Waals surface area contributed by atoms with Gasteiger partial charge in [0, 0.05) is 5.56 Å². The molecule has 0 aliphatic heterocycles. The molecule has 0 saturated heterocycles. The molecule has 0 N–H and O–H groups in total. The summed E-state index contributed by atoms with van der Waals surface area (Å²) in [4.78, 5) is 7.34. The van der Waals surface area contributed by atoms with Crippen molar-refractivity contribution in [2.45, 2.75) is 19.0 Å². The molecular weight excluding hydrogens is 394 g/mol. The van der Waals surface area contributed by atoms with Gasteiger partial charge in [-0.1, -0.05) is 6.07 Å². The zero-order valence-electron chi connectivity index (χ0n) is 11.0. The van der Waals surface area contributed by atoms with Crippen LogP contribution in [0.2, 0.25) is 0 Å². The lowest BCUT2D eigenvalue weighted by molar-refractivity contribution is -0.145. The van der Waals surface area contributed by atoms with Crippen LogP contribution in [-0.2, 0) is 19.0 Å². The molecule has 124 valence electrons. The molecule has 0 amide bonds. The maximum Gasteiger partial charge on any atom is 0.416 e. The van der Waals surface area contributed by atoms with Gasteiger partial charge in [-0.3, -0.25) is 0 Å². The van der Waals surface area contributed by atoms with Crippen molar-refractivity contribution in [1.82, 2.24) is 9.97 Å². The zero-order valence-corrected chi connectivity index (χ0v) is 12.6. The summed E-state index contributed by atoms with van der Waals surface area (Å²) >= 11 is 2.94. The topological polar surface area (TPSA) is 35.0 Å². The van der Waals surface area contributed by atoms with Crippen LogP contribution in [0, 0.1) is 0 Å². The van der Waals surface area contributed by atoms with E-state index >= 15 is 0 Å². The number of alkyl halides is 6. The minimum atomic E-state index is -4.93. The van der Waals surface area contributed by atoms with Gasteiger partial charge in [-0.05, 0) is 28.1 Å². The minimum Gasteiger partial charge on any atom is -0.486 e. The van der Waals surface area contributed by atoms with Gasteiger partial charge in [-0.15, -0.1) is 0 Å². The summed E-state index contributed by atoms with van der Waals surface area (Å²) in [6.45, 7) is -0.921. The average molecular weight is 401 g/mol. The molecule has 0 fully saturated rings. The molecule has 0 aliphatic carbocycles. The monoisotopic (exact) mass is 400 g/mol. The number of ether oxygens (including phenoxy) is 1. The molecule has 0 aliphatic rings. The molecule has 3 nitrogen and oxygen atoms in total. The van der Waals surface area contributed by atoms with E-state index in [9.17, 15) is 26.3 Å². The molecule has 0 spiro atoms. The number of nitrogens with zero attached hydrogens (tertiary/aromatic N) is 2. The lowest BCUT2D eigenvalue weighted by Gasteiger charge is -2.18. The van der Waals surface area contributed by atoms with Gasteiger partial charge < -0.3 is 4.74 Å². The van der Waals surface area contributed by atoms with Crippen LogP contribution in [0.1, 0.15) is 16.7 Å². The summed E-state index contributed by atoms with van der Waals surface area (Å²) in [5.41, 5.74) is -3.79. The fourth-order valence-electron chi connectivity index (χ4n) is 1.80. The van der Waals surface area contributed by atoms with Crippen molar-refractivity contribution < 1.29 is 31.1 Å². The second-order valence-corrected chi connectivity index (χ2v) is 5.01. The normalized spacial score (nSPS) is 12.3. The van der Waals surface area contributed by atoms with Crippen molar-refractivity contribution in [3.05, 3.63) is 52.0 Å². The number of rotatable bonds is 3. The highest BCUT2D eigenvalue weighted by Crippen LogP contribution is 2.39. The Labute approximate surface area is 134 Å². The first kappa shape index (κ1) is 17.5. The third kappa shape index (κ3) is 4.34. The highest BCUT2D eigenvalue weighted by Gasteiger charge is 2.40. The zero-order chi connectivity index (χ0) is 17.3. The Kier molecular flexibility index (Phi) is 4.83. The van der Waals surface area contributed by atoms with Gasteiger partial charge in [-0.25, -0.2) is 9.97 Å². The maximum atomic E-state index is 12.9. The standard InChI is InChI=1S/C13H7BrF6N2O/c14-11-21-4-7(5-22-11)23-6-8-9(12(15,16)17)2-1-3-10(8)13(18,19)20/h1-5H,6H2. The number of halogens is 7. The molecule has 10 heteroatoms. The van der Waals surface area contributed by atoms with Gasteiger partial charge in [0.15, 0.2) is 10.5 Å². The van der Waals surface area contributed by atoms with Gasteiger partial charge in [-0.2, -0.15) is 26.3 Å². The molecule has 1 heterocycles. The smallest absolute Gasteiger partial charge is 0.416 e. The van der Waals surface area contributed by atoms with Crippen LogP contribution < -0.4 is 4.74 Å². The van der Waals surface area contributed by atoms with Gasteiger partial charge in [0.2, 0.25) is 0 Å². The predicted octanol–water partition coefficient (Wildman–Crippen LogP) is 4.86. The van der Waals surface area contributed by atoms with Crippen molar-refractivity contribution >= 4 is 15.9 Å². The van der Waals surface area contributed by atoms with E-state index < -0.39 is 35.6 Å². The summed E-state index contributed by atoms with van der Waals surface area (Å²) in [6.07, 6.45) is -7.62. The maximum absolute atomic E-state index is 12.9. The fraction of sp³-hybridized carbons (Fsp3) is 0.231. The Hall–Kier alpha value is -1.84. The first-order chi connectivity index (χ1) is 10.6. The first-order valence-electron chi connectivity index (χ1n) is 5.95. The molecule has 2 rings (SSSR count). The predicted molar refractivity (Wildman–Crippen MR) is 70.5 cm³/mol. The highest BCUT2D eigenvalue weighted by molar-refractivity contribution is 9.10. The second-order valence-electron chi connectivity index (χ2n) is 4.30. The lowest BCUT2D eigenvalue weighted by Crippen LogP contribution is -2.18. The van der Waals surface area contributed by atoms with Gasteiger partial charge in [0.05, 0.1) is 23.5 Å². The lowest BCUT2D eigenvalue weighted by atomic mass is 10.0. The summed E-state index contributed by atoms with van der Waals surface area (Å²) in [6, 6.07) is 1.86.